The van der Waals surface area contributed by atoms with Gasteiger partial charge in [0.1, 0.15) is 11.5 Å². The van der Waals surface area contributed by atoms with Crippen LogP contribution in [-0.4, -0.2) is 21.1 Å². The van der Waals surface area contributed by atoms with Gasteiger partial charge in [-0.3, -0.25) is 4.79 Å². The van der Waals surface area contributed by atoms with Gasteiger partial charge in [0.25, 0.3) is 0 Å². The fourth-order valence-electron chi connectivity index (χ4n) is 7.95. The van der Waals surface area contributed by atoms with Crippen molar-refractivity contribution in [3.05, 3.63) is 89.0 Å². The zero-order chi connectivity index (χ0) is 33.8. The van der Waals surface area contributed by atoms with Crippen LogP contribution in [0.5, 0.6) is 11.5 Å². The lowest BCUT2D eigenvalue weighted by atomic mass is 9.70. The molecule has 5 rings (SSSR count). The topological polar surface area (TPSA) is 47.6 Å². The fourth-order valence-corrected chi connectivity index (χ4v) is 8.85. The van der Waals surface area contributed by atoms with E-state index in [-0.39, 0.29) is 22.7 Å². The van der Waals surface area contributed by atoms with Crippen LogP contribution in [0, 0.1) is 17.3 Å². The summed E-state index contributed by atoms with van der Waals surface area (Å²) in [6.45, 7) is 18.5. The number of ether oxygens (including phenoxy) is 1. The second-order valence-corrected chi connectivity index (χ2v) is 18.4. The third-order valence-electron chi connectivity index (χ3n) is 10.4. The summed E-state index contributed by atoms with van der Waals surface area (Å²) in [6, 6.07) is 23.0. The molecule has 1 heterocycles. The Balaban J connectivity index is 1.38. The first-order valence-corrected chi connectivity index (χ1v) is 20.5. The predicted molar refractivity (Wildman–Crippen MR) is 198 cm³/mol. The number of aryl methyl sites for hydroxylation is 1. The highest BCUT2D eigenvalue weighted by Crippen LogP contribution is 2.46. The van der Waals surface area contributed by atoms with Crippen LogP contribution in [0.3, 0.4) is 0 Å². The van der Waals surface area contributed by atoms with Gasteiger partial charge in [-0.15, -0.1) is 0 Å². The minimum absolute atomic E-state index is 0.0270. The number of amides is 1. The van der Waals surface area contributed by atoms with Crippen LogP contribution < -0.4 is 10.1 Å². The van der Waals surface area contributed by atoms with Gasteiger partial charge in [0, 0.05) is 29.2 Å². The molecule has 0 bridgehead atoms. The Labute approximate surface area is 286 Å². The Hall–Kier alpha value is -2.89. The third kappa shape index (κ3) is 8.97. The van der Waals surface area contributed by atoms with Crippen molar-refractivity contribution in [2.45, 2.75) is 130 Å². The van der Waals surface area contributed by atoms with Crippen LogP contribution in [0.4, 0.5) is 5.69 Å². The number of carbonyl (C=O) groups is 1. The first-order chi connectivity index (χ1) is 22.3. The van der Waals surface area contributed by atoms with Gasteiger partial charge < -0.3 is 14.5 Å². The number of anilines is 1. The van der Waals surface area contributed by atoms with E-state index in [4.69, 9.17) is 9.16 Å². The highest BCUT2D eigenvalue weighted by molar-refractivity contribution is 6.48. The second-order valence-electron chi connectivity index (χ2n) is 16.4. The zero-order valence-corrected chi connectivity index (χ0v) is 31.2. The normalized spacial score (nSPS) is 17.3. The van der Waals surface area contributed by atoms with E-state index in [0.29, 0.717) is 24.4 Å². The summed E-state index contributed by atoms with van der Waals surface area (Å²) in [6.07, 6.45) is 10.7. The van der Waals surface area contributed by atoms with Gasteiger partial charge >= 0.3 is 0 Å². The van der Waals surface area contributed by atoms with E-state index < -0.39 is 9.04 Å². The van der Waals surface area contributed by atoms with Gasteiger partial charge in [-0.25, -0.2) is 0 Å². The summed E-state index contributed by atoms with van der Waals surface area (Å²) in [5.41, 5.74) is 5.55. The maximum Gasteiger partial charge on any atom is 0.225 e. The van der Waals surface area contributed by atoms with E-state index in [1.807, 2.05) is 36.4 Å². The summed E-state index contributed by atoms with van der Waals surface area (Å²) in [4.78, 5) is 13.9. The molecule has 1 amide bonds. The first-order valence-electron chi connectivity index (χ1n) is 18.1. The van der Waals surface area contributed by atoms with Crippen LogP contribution in [0.15, 0.2) is 66.7 Å². The lowest BCUT2D eigenvalue weighted by molar-refractivity contribution is -0.116. The number of fused-ring (bicyclic) bond motifs is 2. The van der Waals surface area contributed by atoms with Gasteiger partial charge in [0.05, 0.1) is 6.10 Å². The van der Waals surface area contributed by atoms with Crippen molar-refractivity contribution in [2.24, 2.45) is 17.3 Å². The molecule has 5 heteroatoms. The largest absolute Gasteiger partial charge is 0.457 e. The van der Waals surface area contributed by atoms with E-state index in [0.717, 1.165) is 41.2 Å². The molecule has 1 fully saturated rings. The molecule has 2 unspecified atom stereocenters. The SMILES string of the molecule is C[Si](C)OC(C1CCCCCC1)C(CCc1ccc(C(C)(C)C)c(NC(=O)CC2c3ccccc3Oc3ccccc32)c1)C(C)(C)C. The Bertz CT molecular complexity index is 1450. The standard InChI is InChI=1S/C42H58NO3Si/c1-41(2,3)34-25-23-29(24-26-35(42(4,5)6)40(46-47(7)8)30-17-11-9-10-12-18-30)27-36(34)43-39(44)28-33-31-19-13-15-21-37(31)45-38-22-16-14-20-32(33)38/h13-16,19-23,25,27,30,33,35,40H,9-12,17-18,24,26,28H2,1-8H3,(H,43,44). The summed E-state index contributed by atoms with van der Waals surface area (Å²) >= 11 is 0. The molecule has 47 heavy (non-hydrogen) atoms. The molecule has 2 atom stereocenters. The van der Waals surface area contributed by atoms with E-state index in [2.05, 4.69) is 90.3 Å². The molecule has 1 radical (unpaired) electrons. The number of benzene rings is 3. The van der Waals surface area contributed by atoms with Gasteiger partial charge in [0.15, 0.2) is 0 Å². The number of nitrogens with one attached hydrogen (secondary N) is 1. The summed E-state index contributed by atoms with van der Waals surface area (Å²) < 4.78 is 13.1. The average Bonchev–Trinajstić information content (AvgIpc) is 3.29. The zero-order valence-electron chi connectivity index (χ0n) is 30.2. The monoisotopic (exact) mass is 652 g/mol. The highest BCUT2D eigenvalue weighted by atomic mass is 28.3. The Morgan fingerprint density at radius 2 is 1.47 bits per heavy atom. The van der Waals surface area contributed by atoms with Crippen molar-refractivity contribution < 1.29 is 14.0 Å². The van der Waals surface area contributed by atoms with E-state index in [9.17, 15) is 4.79 Å². The van der Waals surface area contributed by atoms with Crippen LogP contribution in [0.1, 0.15) is 121 Å². The van der Waals surface area contributed by atoms with Crippen LogP contribution in [0.2, 0.25) is 13.1 Å². The maximum absolute atomic E-state index is 13.9. The summed E-state index contributed by atoms with van der Waals surface area (Å²) in [7, 11) is -0.825. The number of hydrogen-bond donors (Lipinski definition) is 1. The Morgan fingerprint density at radius 3 is 2.02 bits per heavy atom. The molecule has 0 aromatic heterocycles. The molecule has 1 aliphatic heterocycles. The Morgan fingerprint density at radius 1 is 0.872 bits per heavy atom. The predicted octanol–water partition coefficient (Wildman–Crippen LogP) is 11.5. The van der Waals surface area contributed by atoms with E-state index >= 15 is 0 Å². The van der Waals surface area contributed by atoms with Crippen molar-refractivity contribution in [1.82, 2.24) is 0 Å². The van der Waals surface area contributed by atoms with Crippen LogP contribution in [0.25, 0.3) is 0 Å². The van der Waals surface area contributed by atoms with Gasteiger partial charge in [-0.2, -0.15) is 0 Å². The first kappa shape index (κ1) is 35.4. The molecule has 1 saturated carbocycles. The lowest BCUT2D eigenvalue weighted by Crippen LogP contribution is -2.42. The van der Waals surface area contributed by atoms with Gasteiger partial charge in [0.2, 0.25) is 14.9 Å². The quantitative estimate of drug-likeness (QED) is 0.175. The summed E-state index contributed by atoms with van der Waals surface area (Å²) in [5, 5.41) is 3.39. The lowest BCUT2D eigenvalue weighted by Gasteiger charge is -2.42. The molecule has 1 N–H and O–H groups in total. The molecule has 253 valence electrons. The van der Waals surface area contributed by atoms with E-state index in [1.165, 1.54) is 49.7 Å². The van der Waals surface area contributed by atoms with Crippen molar-refractivity contribution in [2.75, 3.05) is 5.32 Å². The van der Waals surface area contributed by atoms with Crippen LogP contribution in [-0.2, 0) is 21.1 Å². The van der Waals surface area contributed by atoms with Crippen molar-refractivity contribution in [1.29, 1.82) is 0 Å². The second kappa shape index (κ2) is 15.1. The van der Waals surface area contributed by atoms with Crippen LogP contribution >= 0.6 is 0 Å². The number of carbonyl (C=O) groups excluding carboxylic acids is 1. The smallest absolute Gasteiger partial charge is 0.225 e. The average molecular weight is 653 g/mol. The van der Waals surface area contributed by atoms with E-state index in [1.54, 1.807) is 0 Å². The third-order valence-corrected chi connectivity index (χ3v) is 11.1. The molecule has 0 spiro atoms. The van der Waals surface area contributed by atoms with Gasteiger partial charge in [-0.1, -0.05) is 116 Å². The molecular weight excluding hydrogens is 595 g/mol. The molecule has 2 aliphatic rings. The maximum atomic E-state index is 13.9. The number of rotatable bonds is 10. The minimum atomic E-state index is -0.825. The number of hydrogen-bond acceptors (Lipinski definition) is 3. The minimum Gasteiger partial charge on any atom is -0.457 e. The number of para-hydroxylation sites is 2. The van der Waals surface area contributed by atoms with Gasteiger partial charge in [-0.05, 0) is 90.8 Å². The molecule has 0 saturated heterocycles. The molecule has 4 nitrogen and oxygen atoms in total. The fraction of sp³-hybridized carbons (Fsp3) is 0.548. The van der Waals surface area contributed by atoms with Crippen molar-refractivity contribution >= 4 is 20.6 Å². The van der Waals surface area contributed by atoms with Crippen molar-refractivity contribution in [3.8, 4) is 11.5 Å². The molecule has 3 aromatic carbocycles. The Kier molecular flexibility index (Phi) is 11.4. The molecular formula is C42H58NO3Si. The summed E-state index contributed by atoms with van der Waals surface area (Å²) in [5.74, 6) is 2.76. The highest BCUT2D eigenvalue weighted by Gasteiger charge is 2.38. The molecule has 3 aromatic rings. The van der Waals surface area contributed by atoms with Crippen molar-refractivity contribution in [3.63, 3.8) is 0 Å². The molecule has 1 aliphatic carbocycles.